The van der Waals surface area contributed by atoms with Crippen molar-refractivity contribution < 1.29 is 23.8 Å². The number of amides is 1. The van der Waals surface area contributed by atoms with Gasteiger partial charge in [0, 0.05) is 22.6 Å². The highest BCUT2D eigenvalue weighted by Crippen LogP contribution is 2.51. The quantitative estimate of drug-likeness (QED) is 0.278. The van der Waals surface area contributed by atoms with E-state index in [2.05, 4.69) is 10.6 Å². The zero-order valence-electron chi connectivity index (χ0n) is 23.3. The molecule has 4 atom stereocenters. The third-order valence-electron chi connectivity index (χ3n) is 9.28. The van der Waals surface area contributed by atoms with Gasteiger partial charge in [0.15, 0.2) is 6.10 Å². The van der Waals surface area contributed by atoms with Crippen molar-refractivity contribution in [3.63, 3.8) is 0 Å². The Morgan fingerprint density at radius 1 is 1.24 bits per heavy atom. The summed E-state index contributed by atoms with van der Waals surface area (Å²) in [5.74, 6) is -1.75. The van der Waals surface area contributed by atoms with Gasteiger partial charge in [0.25, 0.3) is 11.5 Å². The number of pyridine rings is 1. The van der Waals surface area contributed by atoms with Crippen molar-refractivity contribution in [3.8, 4) is 0 Å². The van der Waals surface area contributed by atoms with E-state index in [1.165, 1.54) is 6.07 Å². The van der Waals surface area contributed by atoms with E-state index in [1.807, 2.05) is 13.0 Å². The highest BCUT2D eigenvalue weighted by molar-refractivity contribution is 5.92. The number of nitrogens with one attached hydrogen (secondary N) is 2. The molecular weight excluding hydrogens is 539 g/mol. The van der Waals surface area contributed by atoms with Gasteiger partial charge in [0.05, 0.1) is 30.1 Å². The molecule has 4 heterocycles. The Labute approximate surface area is 241 Å². The van der Waals surface area contributed by atoms with Crippen LogP contribution in [0.25, 0.3) is 5.57 Å². The van der Waals surface area contributed by atoms with Crippen molar-refractivity contribution in [1.82, 2.24) is 9.88 Å². The zero-order valence-corrected chi connectivity index (χ0v) is 23.3. The molecule has 0 radical (unpaired) electrons. The Hall–Kier alpha value is -4.44. The molecule has 1 aromatic heterocycles. The smallest absolute Gasteiger partial charge is 0.313 e. The minimum Gasteiger partial charge on any atom is -0.460 e. The van der Waals surface area contributed by atoms with Gasteiger partial charge in [-0.2, -0.15) is 0 Å². The molecule has 0 saturated heterocycles. The van der Waals surface area contributed by atoms with Gasteiger partial charge >= 0.3 is 5.97 Å². The minimum absolute atomic E-state index is 0.0652. The maximum absolute atomic E-state index is 15.1. The first-order valence-electron chi connectivity index (χ1n) is 14.3. The number of aliphatic hydroxyl groups excluding tert-OH is 1. The van der Waals surface area contributed by atoms with Gasteiger partial charge in [-0.25, -0.2) is 4.39 Å². The summed E-state index contributed by atoms with van der Waals surface area (Å²) in [6.45, 7) is 3.85. The molecule has 0 spiro atoms. The number of nitrogens with zero attached hydrogens (tertiary/aromatic N) is 1. The summed E-state index contributed by atoms with van der Waals surface area (Å²) in [6, 6.07) is 8.95. The average molecular weight is 571 g/mol. The SMILES string of the molecule is CCC1C(=O)OCc2c1cc1n(c2=O)CC2=C3c4c(cc(F)c(C)c4CC[C@@H]3NC(=O)C(O)c3ccc(N)cc3)NC21. The molecule has 5 N–H and O–H groups in total. The summed E-state index contributed by atoms with van der Waals surface area (Å²) in [5.41, 5.74) is 13.0. The summed E-state index contributed by atoms with van der Waals surface area (Å²) in [6.07, 6.45) is 0.145. The number of hydrogen-bond acceptors (Lipinski definition) is 7. The first-order chi connectivity index (χ1) is 20.2. The number of carbonyl (C=O) groups excluding carboxylic acids is 2. The van der Waals surface area contributed by atoms with E-state index >= 15 is 4.39 Å². The van der Waals surface area contributed by atoms with Gasteiger partial charge < -0.3 is 30.8 Å². The number of aliphatic hydroxyl groups is 1. The van der Waals surface area contributed by atoms with Crippen LogP contribution in [0.4, 0.5) is 15.8 Å². The molecule has 1 aliphatic carbocycles. The number of benzene rings is 2. The van der Waals surface area contributed by atoms with Crippen LogP contribution >= 0.6 is 0 Å². The van der Waals surface area contributed by atoms with Crippen LogP contribution in [-0.2, 0) is 33.9 Å². The number of cyclic esters (lactones) is 1. The molecule has 7 rings (SSSR count). The number of nitrogens with two attached hydrogens (primary N) is 1. The first kappa shape index (κ1) is 26.5. The average Bonchev–Trinajstić information content (AvgIpc) is 3.35. The molecule has 4 aliphatic rings. The van der Waals surface area contributed by atoms with Crippen molar-refractivity contribution in [3.05, 3.63) is 97.2 Å². The summed E-state index contributed by atoms with van der Waals surface area (Å²) < 4.78 is 22.2. The van der Waals surface area contributed by atoms with Gasteiger partial charge in [-0.05, 0) is 83.9 Å². The summed E-state index contributed by atoms with van der Waals surface area (Å²) >= 11 is 0. The van der Waals surface area contributed by atoms with Crippen LogP contribution in [0.15, 0.2) is 46.8 Å². The van der Waals surface area contributed by atoms with E-state index in [-0.39, 0.29) is 30.5 Å². The first-order valence-corrected chi connectivity index (χ1v) is 14.3. The van der Waals surface area contributed by atoms with E-state index in [4.69, 9.17) is 10.5 Å². The molecule has 0 bridgehead atoms. The number of nitrogen functional groups attached to an aromatic ring is 1. The number of halogens is 1. The van der Waals surface area contributed by atoms with Gasteiger partial charge in [-0.15, -0.1) is 0 Å². The monoisotopic (exact) mass is 570 g/mol. The molecule has 216 valence electrons. The van der Waals surface area contributed by atoms with Gasteiger partial charge in [0.2, 0.25) is 0 Å². The second-order valence-corrected chi connectivity index (χ2v) is 11.5. The van der Waals surface area contributed by atoms with Crippen LogP contribution in [0.5, 0.6) is 0 Å². The van der Waals surface area contributed by atoms with E-state index in [1.54, 1.807) is 35.8 Å². The summed E-state index contributed by atoms with van der Waals surface area (Å²) in [5, 5.41) is 17.4. The molecule has 3 aliphatic heterocycles. The van der Waals surface area contributed by atoms with E-state index in [0.717, 1.165) is 22.3 Å². The highest BCUT2D eigenvalue weighted by atomic mass is 19.1. The molecule has 0 saturated carbocycles. The lowest BCUT2D eigenvalue weighted by atomic mass is 9.75. The van der Waals surface area contributed by atoms with Gasteiger partial charge in [-0.1, -0.05) is 19.1 Å². The molecule has 9 nitrogen and oxygen atoms in total. The van der Waals surface area contributed by atoms with Crippen LogP contribution in [0.1, 0.15) is 76.9 Å². The fraction of sp³-hybridized carbons (Fsp3) is 0.344. The Morgan fingerprint density at radius 2 is 2.00 bits per heavy atom. The molecule has 1 amide bonds. The predicted molar refractivity (Wildman–Crippen MR) is 154 cm³/mol. The zero-order chi connectivity index (χ0) is 29.4. The summed E-state index contributed by atoms with van der Waals surface area (Å²) in [7, 11) is 0. The Bertz CT molecular complexity index is 1780. The van der Waals surface area contributed by atoms with Crippen molar-refractivity contribution in [2.75, 3.05) is 11.1 Å². The summed E-state index contributed by atoms with van der Waals surface area (Å²) in [4.78, 5) is 39.6. The minimum atomic E-state index is -1.40. The van der Waals surface area contributed by atoms with E-state index < -0.39 is 30.0 Å². The highest BCUT2D eigenvalue weighted by Gasteiger charge is 2.43. The maximum Gasteiger partial charge on any atom is 0.313 e. The fourth-order valence-corrected chi connectivity index (χ4v) is 7.09. The largest absolute Gasteiger partial charge is 0.460 e. The Kier molecular flexibility index (Phi) is 6.02. The fourth-order valence-electron chi connectivity index (χ4n) is 7.09. The van der Waals surface area contributed by atoms with E-state index in [0.29, 0.717) is 58.6 Å². The predicted octanol–water partition coefficient (Wildman–Crippen LogP) is 3.53. The van der Waals surface area contributed by atoms with Crippen LogP contribution in [0, 0.1) is 12.7 Å². The van der Waals surface area contributed by atoms with Gasteiger partial charge in [-0.3, -0.25) is 14.4 Å². The Morgan fingerprint density at radius 3 is 2.74 bits per heavy atom. The number of carbonyl (C=O) groups is 2. The number of hydrogen-bond donors (Lipinski definition) is 4. The van der Waals surface area contributed by atoms with Crippen LogP contribution in [-0.4, -0.2) is 27.6 Å². The second-order valence-electron chi connectivity index (χ2n) is 11.5. The molecule has 42 heavy (non-hydrogen) atoms. The van der Waals surface area contributed by atoms with Crippen LogP contribution in [0.2, 0.25) is 0 Å². The van der Waals surface area contributed by atoms with Crippen LogP contribution in [0.3, 0.4) is 0 Å². The topological polar surface area (TPSA) is 136 Å². The maximum atomic E-state index is 15.1. The lowest BCUT2D eigenvalue weighted by molar-refractivity contribution is -0.148. The molecule has 2 aromatic carbocycles. The van der Waals surface area contributed by atoms with E-state index in [9.17, 15) is 19.5 Å². The van der Waals surface area contributed by atoms with Crippen molar-refractivity contribution in [1.29, 1.82) is 0 Å². The molecule has 3 unspecified atom stereocenters. The Balaban J connectivity index is 1.35. The number of aromatic nitrogens is 1. The number of esters is 1. The molecule has 0 fully saturated rings. The molecular formula is C32H31FN4O5. The number of rotatable bonds is 4. The third-order valence-corrected chi connectivity index (χ3v) is 9.28. The number of ether oxygens (including phenoxy) is 1. The number of fused-ring (bicyclic) bond motifs is 4. The third kappa shape index (κ3) is 3.81. The lowest BCUT2D eigenvalue weighted by Crippen LogP contribution is -2.42. The molecule has 10 heteroatoms. The lowest BCUT2D eigenvalue weighted by Gasteiger charge is -2.38. The van der Waals surface area contributed by atoms with Crippen molar-refractivity contribution in [2.24, 2.45) is 0 Å². The second kappa shape index (κ2) is 9.55. The van der Waals surface area contributed by atoms with Crippen molar-refractivity contribution in [2.45, 2.75) is 70.4 Å². The van der Waals surface area contributed by atoms with Crippen LogP contribution < -0.4 is 21.9 Å². The molecule has 3 aromatic rings. The van der Waals surface area contributed by atoms with Crippen molar-refractivity contribution >= 4 is 28.8 Å². The normalized spacial score (nSPS) is 22.3. The van der Waals surface area contributed by atoms with Gasteiger partial charge in [0.1, 0.15) is 12.4 Å². The number of anilines is 2. The standard InChI is InChI=1S/C32H31FN4O5/c1-3-17-19-10-25-28-20(12-37(25)31(40)21(19)13-42-32(17)41)27-23(36-30(39)29(38)15-4-6-16(34)7-5-15)9-8-18-14(2)22(33)11-24(35-28)26(18)27/h4-7,10-11,17,23,28-29,35,38H,3,8-9,12-13,34H2,1-2H3,(H,36,39)/t17?,23-,28?,29?/m0/s1.